The van der Waals surface area contributed by atoms with Gasteiger partial charge in [-0.25, -0.2) is 4.79 Å². The Balaban J connectivity index is 1.88. The van der Waals surface area contributed by atoms with E-state index < -0.39 is 6.16 Å². The van der Waals surface area contributed by atoms with Crippen LogP contribution in [0.25, 0.3) is 43.8 Å². The molecule has 0 fully saturated rings. The van der Waals surface area contributed by atoms with E-state index in [-0.39, 0.29) is 0 Å². The molecule has 0 bridgehead atoms. The summed E-state index contributed by atoms with van der Waals surface area (Å²) in [6, 6.07) is 34.1. The van der Waals surface area contributed by atoms with Gasteiger partial charge in [0.25, 0.3) is 0 Å². The largest absolute Gasteiger partial charge is 0.511 e. The molecule has 0 atom stereocenters. The number of hydrogen-bond acceptors (Lipinski definition) is 2. The van der Waals surface area contributed by atoms with Crippen LogP contribution in [-0.4, -0.2) is 11.3 Å². The fraction of sp³-hybridized carbons (Fsp3) is 0. The van der Waals surface area contributed by atoms with Crippen molar-refractivity contribution in [3.8, 4) is 28.0 Å². The maximum atomic E-state index is 11.5. The predicted molar refractivity (Wildman–Crippen MR) is 121 cm³/mol. The first-order valence-electron chi connectivity index (χ1n) is 9.72. The van der Waals surface area contributed by atoms with Crippen molar-refractivity contribution in [2.75, 3.05) is 0 Å². The molecule has 0 heterocycles. The standard InChI is InChI=1S/C27H18O3/c28-27(29)30-25-17-7-16-24(22-14-5-10-18-8-1-3-12-20(18)22)26(25)23-15-6-11-19-9-2-4-13-21(19)23/h1-17H,(H,28,29). The number of ether oxygens (including phenoxy) is 1. The minimum atomic E-state index is -1.33. The van der Waals surface area contributed by atoms with Gasteiger partial charge in [-0.2, -0.15) is 0 Å². The summed E-state index contributed by atoms with van der Waals surface area (Å²) in [5.41, 5.74) is 3.68. The van der Waals surface area contributed by atoms with Gasteiger partial charge in [0.2, 0.25) is 0 Å². The van der Waals surface area contributed by atoms with Gasteiger partial charge in [0.1, 0.15) is 5.75 Å². The summed E-state index contributed by atoms with van der Waals surface area (Å²) in [6.45, 7) is 0. The molecular formula is C27H18O3. The lowest BCUT2D eigenvalue weighted by Gasteiger charge is -2.17. The first-order valence-corrected chi connectivity index (χ1v) is 9.72. The molecule has 1 N–H and O–H groups in total. The van der Waals surface area contributed by atoms with E-state index in [0.29, 0.717) is 5.75 Å². The molecule has 3 nitrogen and oxygen atoms in total. The van der Waals surface area contributed by atoms with E-state index >= 15 is 0 Å². The SMILES string of the molecule is O=C(O)Oc1cccc(-c2cccc3ccccc23)c1-c1cccc2ccccc12. The van der Waals surface area contributed by atoms with E-state index in [1.54, 1.807) is 6.07 Å². The molecule has 0 saturated heterocycles. The Bertz CT molecular complexity index is 1390. The predicted octanol–water partition coefficient (Wildman–Crippen LogP) is 7.38. The minimum absolute atomic E-state index is 0.323. The van der Waals surface area contributed by atoms with Crippen LogP contribution < -0.4 is 4.74 Å². The highest BCUT2D eigenvalue weighted by Crippen LogP contribution is 2.43. The second kappa shape index (κ2) is 7.37. The molecule has 144 valence electrons. The Morgan fingerprint density at radius 3 is 1.73 bits per heavy atom. The van der Waals surface area contributed by atoms with Crippen molar-refractivity contribution < 1.29 is 14.6 Å². The molecule has 30 heavy (non-hydrogen) atoms. The third kappa shape index (κ3) is 3.07. The zero-order valence-electron chi connectivity index (χ0n) is 16.1. The van der Waals surface area contributed by atoms with Crippen LogP contribution in [0.15, 0.2) is 103 Å². The zero-order chi connectivity index (χ0) is 20.5. The van der Waals surface area contributed by atoms with E-state index in [1.165, 1.54) is 0 Å². The van der Waals surface area contributed by atoms with Gasteiger partial charge in [-0.15, -0.1) is 0 Å². The first kappa shape index (κ1) is 18.0. The van der Waals surface area contributed by atoms with Crippen LogP contribution in [0, 0.1) is 0 Å². The molecule has 0 aliphatic rings. The van der Waals surface area contributed by atoms with E-state index in [9.17, 15) is 9.90 Å². The van der Waals surface area contributed by atoms with Crippen LogP contribution in [0.2, 0.25) is 0 Å². The Labute approximate surface area is 173 Å². The van der Waals surface area contributed by atoms with Crippen LogP contribution >= 0.6 is 0 Å². The molecule has 0 spiro atoms. The van der Waals surface area contributed by atoms with Crippen LogP contribution in [0.1, 0.15) is 0 Å². The van der Waals surface area contributed by atoms with Crippen LogP contribution in [0.5, 0.6) is 5.75 Å². The molecule has 0 aliphatic heterocycles. The zero-order valence-corrected chi connectivity index (χ0v) is 16.1. The lowest BCUT2D eigenvalue weighted by molar-refractivity contribution is 0.144. The van der Waals surface area contributed by atoms with Gasteiger partial charge in [0.15, 0.2) is 0 Å². The highest BCUT2D eigenvalue weighted by molar-refractivity contribution is 6.06. The van der Waals surface area contributed by atoms with Gasteiger partial charge >= 0.3 is 6.16 Å². The van der Waals surface area contributed by atoms with Crippen molar-refractivity contribution in [3.05, 3.63) is 103 Å². The summed E-state index contributed by atoms with van der Waals surface area (Å²) < 4.78 is 5.24. The molecule has 0 unspecified atom stereocenters. The molecule has 5 aromatic carbocycles. The Hall–Kier alpha value is -4.11. The maximum absolute atomic E-state index is 11.5. The number of hydrogen-bond donors (Lipinski definition) is 1. The van der Waals surface area contributed by atoms with Crippen molar-refractivity contribution in [2.45, 2.75) is 0 Å². The highest BCUT2D eigenvalue weighted by atomic mass is 16.7. The fourth-order valence-corrected chi connectivity index (χ4v) is 4.12. The van der Waals surface area contributed by atoms with Gasteiger partial charge in [0, 0.05) is 5.56 Å². The quantitative estimate of drug-likeness (QED) is 0.258. The van der Waals surface area contributed by atoms with Crippen LogP contribution in [0.3, 0.4) is 0 Å². The smallest absolute Gasteiger partial charge is 0.449 e. The Morgan fingerprint density at radius 1 is 0.567 bits per heavy atom. The molecule has 3 heteroatoms. The summed E-state index contributed by atoms with van der Waals surface area (Å²) in [4.78, 5) is 11.5. The average Bonchev–Trinajstić information content (AvgIpc) is 2.78. The normalized spacial score (nSPS) is 10.9. The Kier molecular flexibility index (Phi) is 4.41. The highest BCUT2D eigenvalue weighted by Gasteiger charge is 2.18. The van der Waals surface area contributed by atoms with Crippen LogP contribution in [-0.2, 0) is 0 Å². The first-order chi connectivity index (χ1) is 14.7. The minimum Gasteiger partial charge on any atom is -0.449 e. The van der Waals surface area contributed by atoms with Gasteiger partial charge in [-0.3, -0.25) is 0 Å². The lowest BCUT2D eigenvalue weighted by atomic mass is 9.88. The van der Waals surface area contributed by atoms with Gasteiger partial charge < -0.3 is 9.84 Å². The third-order valence-corrected chi connectivity index (χ3v) is 5.36. The van der Waals surface area contributed by atoms with Gasteiger partial charge in [0.05, 0.1) is 0 Å². The molecule has 0 saturated carbocycles. The topological polar surface area (TPSA) is 46.5 Å². The average molecular weight is 390 g/mol. The monoisotopic (exact) mass is 390 g/mol. The van der Waals surface area contributed by atoms with Gasteiger partial charge in [-0.05, 0) is 44.3 Å². The van der Waals surface area contributed by atoms with E-state index in [1.807, 2.05) is 54.6 Å². The number of rotatable bonds is 3. The molecule has 0 aromatic heterocycles. The molecule has 0 amide bonds. The summed E-state index contributed by atoms with van der Waals surface area (Å²) >= 11 is 0. The summed E-state index contributed by atoms with van der Waals surface area (Å²) in [5.74, 6) is 0.323. The number of carboxylic acid groups (broad SMARTS) is 1. The lowest BCUT2D eigenvalue weighted by Crippen LogP contribution is -2.05. The van der Waals surface area contributed by atoms with Crippen molar-refractivity contribution >= 4 is 27.7 Å². The number of carbonyl (C=O) groups is 1. The van der Waals surface area contributed by atoms with Gasteiger partial charge in [-0.1, -0.05) is 97.1 Å². The summed E-state index contributed by atoms with van der Waals surface area (Å²) in [7, 11) is 0. The molecule has 0 aliphatic carbocycles. The second-order valence-corrected chi connectivity index (χ2v) is 7.10. The molecule has 5 rings (SSSR count). The Morgan fingerprint density at radius 2 is 1.07 bits per heavy atom. The van der Waals surface area contributed by atoms with E-state index in [2.05, 4.69) is 42.5 Å². The van der Waals surface area contributed by atoms with Crippen molar-refractivity contribution in [2.24, 2.45) is 0 Å². The summed E-state index contributed by atoms with van der Waals surface area (Å²) in [5, 5.41) is 13.7. The molecule has 5 aromatic rings. The molecule has 0 radical (unpaired) electrons. The van der Waals surface area contributed by atoms with E-state index in [0.717, 1.165) is 43.8 Å². The second-order valence-electron chi connectivity index (χ2n) is 7.10. The van der Waals surface area contributed by atoms with Crippen LogP contribution in [0.4, 0.5) is 4.79 Å². The third-order valence-electron chi connectivity index (χ3n) is 5.36. The fourth-order valence-electron chi connectivity index (χ4n) is 4.12. The summed E-state index contributed by atoms with van der Waals surface area (Å²) in [6.07, 6.45) is -1.33. The van der Waals surface area contributed by atoms with Crippen molar-refractivity contribution in [3.63, 3.8) is 0 Å². The van der Waals surface area contributed by atoms with E-state index in [4.69, 9.17) is 4.74 Å². The van der Waals surface area contributed by atoms with Crippen molar-refractivity contribution in [1.82, 2.24) is 0 Å². The number of fused-ring (bicyclic) bond motifs is 2. The maximum Gasteiger partial charge on any atom is 0.511 e. The van der Waals surface area contributed by atoms with Crippen molar-refractivity contribution in [1.29, 1.82) is 0 Å². The molecular weight excluding hydrogens is 372 g/mol. The number of benzene rings is 5.